The maximum Gasteiger partial charge on any atom is 0.118 e. The molecular weight excluding hydrogens is 869 g/mol. The third-order valence-corrected chi connectivity index (χ3v) is 4.48. The molecule has 0 aliphatic heterocycles. The minimum Gasteiger partial charge on any atom is -0.543 e. The predicted molar refractivity (Wildman–Crippen MR) is 246 cm³/mol. The molecule has 3 heteroatoms. The molecule has 0 heterocycles. The van der Waals surface area contributed by atoms with Crippen LogP contribution in [0, 0.1) is 31.1 Å². The summed E-state index contributed by atoms with van der Waals surface area (Å²) < 4.78 is 5.78. The van der Waals surface area contributed by atoms with Crippen molar-refractivity contribution in [2.24, 2.45) is 5.73 Å². The van der Waals surface area contributed by atoms with Gasteiger partial charge in [-0.2, -0.15) is 6.41 Å². The number of amides is 1. The third kappa shape index (κ3) is 854. The second-order valence-corrected chi connectivity index (χ2v) is 13.5. The topological polar surface area (TPSA) is 43.1 Å². The van der Waals surface area contributed by atoms with E-state index in [9.17, 15) is 0 Å². The van der Waals surface area contributed by atoms with Crippen LogP contribution in [-0.2, 0) is 4.79 Å². The van der Waals surface area contributed by atoms with Crippen LogP contribution < -0.4 is 5.73 Å². The summed E-state index contributed by atoms with van der Waals surface area (Å²) in [7, 11) is 0. The Bertz CT molecular complexity index is 399. The standard InChI is InChI=1S/12C3H6.C3H4.5C2H4.CH2NO.U/c13*1-2-3-1;5*1-2;2-1-3;/h12*1-3H2;1-2H,3H2;5*1-2H2;(H2,2,3);/q;;;;;;;;;;;;;;;;;;-1;/i/hT. The molecule has 2 N–H and O–H groups in total. The molecule has 0 aromatic rings. The maximum atomic E-state index is 8.75. The van der Waals surface area contributed by atoms with Crippen LogP contribution in [0.25, 0.3) is 0 Å². The third-order valence-electron chi connectivity index (χ3n) is 4.48. The molecule has 13 aliphatic carbocycles. The summed E-state index contributed by atoms with van der Waals surface area (Å²) in [5.41, 5.74) is 1.38. The van der Waals surface area contributed by atoms with Gasteiger partial charge in [0.15, 0.2) is 0 Å². The Morgan fingerprint density at radius 3 is 0.358 bits per heavy atom. The van der Waals surface area contributed by atoms with Crippen LogP contribution in [0.1, 0.15) is 238 Å². The number of rotatable bonds is 1. The van der Waals surface area contributed by atoms with Crippen molar-refractivity contribution in [2.45, 2.75) is 238 Å². The van der Waals surface area contributed by atoms with E-state index in [1.165, 1.54) is 243 Å². The summed E-state index contributed by atoms with van der Waals surface area (Å²) in [4.78, 5) is 8.75. The van der Waals surface area contributed by atoms with Gasteiger partial charge >= 0.3 is 0 Å². The van der Waals surface area contributed by atoms with Gasteiger partial charge < -0.3 is 10.5 Å². The smallest absolute Gasteiger partial charge is 0.118 e. The van der Waals surface area contributed by atoms with E-state index in [0.717, 1.165) is 6.41 Å². The van der Waals surface area contributed by atoms with Gasteiger partial charge in [-0.25, -0.2) is 0 Å². The quantitative estimate of drug-likeness (QED) is 0.159. The molecule has 0 radical (unpaired) electrons. The van der Waals surface area contributed by atoms with Gasteiger partial charge in [-0.3, -0.25) is 0 Å². The van der Waals surface area contributed by atoms with Crippen molar-refractivity contribution < 1.29 is 37.3 Å². The van der Waals surface area contributed by atoms with Crippen molar-refractivity contribution >= 4 is 6.41 Å². The molecule has 0 unspecified atom stereocenters. The van der Waals surface area contributed by atoms with E-state index in [2.05, 4.69) is 77.9 Å². The molecule has 53 heavy (non-hydrogen) atoms. The van der Waals surface area contributed by atoms with Gasteiger partial charge in [0.2, 0.25) is 0 Å². The van der Waals surface area contributed by atoms with Crippen molar-refractivity contribution in [1.29, 1.82) is 0 Å². The molecule has 12 saturated carbocycles. The predicted octanol–water partition coefficient (Wildman–Crippen LogP) is 18.0. The second-order valence-electron chi connectivity index (χ2n) is 13.5. The molecule has 314 valence electrons. The van der Waals surface area contributed by atoms with Crippen LogP contribution in [0.15, 0.2) is 77.9 Å². The summed E-state index contributed by atoms with van der Waals surface area (Å²) in [6.07, 6.45) is 60.6. The van der Waals surface area contributed by atoms with Gasteiger partial charge in [0.25, 0.3) is 0 Å². The Hall–Kier alpha value is -1.04. The van der Waals surface area contributed by atoms with Gasteiger partial charge in [-0.15, -0.1) is 65.8 Å². The minimum atomic E-state index is 0. The monoisotopic (exact) mass is 969 g/mol. The summed E-state index contributed by atoms with van der Waals surface area (Å²) in [5.74, 6) is 0. The fraction of sp³-hybridized carbons (Fsp3) is 0.740. The molecule has 0 saturated heterocycles. The first-order chi connectivity index (χ1) is 26.4. The van der Waals surface area contributed by atoms with E-state index in [1.54, 1.807) is 0 Å². The van der Waals surface area contributed by atoms with Gasteiger partial charge in [-0.05, 0) is 6.42 Å². The molecule has 13 aliphatic rings. The molecule has 0 aromatic heterocycles. The first-order valence-electron chi connectivity index (χ1n) is 22.6. The number of hydrogen-bond donors (Lipinski definition) is 1. The first-order valence-corrected chi connectivity index (χ1v) is 22.1. The molecule has 1 amide bonds. The summed E-state index contributed by atoms with van der Waals surface area (Å²) in [5, 5.41) is 0. The fourth-order valence-corrected chi connectivity index (χ4v) is 0. The zero-order valence-electron chi connectivity index (χ0n) is 37.3. The number of carbonyl (C=O) groups excluding carboxylic acids is 1. The minimum absolute atomic E-state index is 0. The molecule has 13 rings (SSSR count). The van der Waals surface area contributed by atoms with E-state index >= 15 is 0 Å². The number of nitrogens with two attached hydrogens (primary N) is 1. The van der Waals surface area contributed by atoms with E-state index < -0.39 is 0 Å². The largest absolute Gasteiger partial charge is 0.543 e. The molecule has 0 atom stereocenters. The van der Waals surface area contributed by atoms with Gasteiger partial charge in [0.1, 0.15) is 1.41 Å². The van der Waals surface area contributed by atoms with Crippen LogP contribution in [0.4, 0.5) is 0 Å². The molecule has 0 bridgehead atoms. The number of allylic oxidation sites excluding steroid dienone is 2. The van der Waals surface area contributed by atoms with Crippen LogP contribution in [0.5, 0.6) is 0 Å². The molecule has 0 spiro atoms. The zero-order chi connectivity index (χ0) is 41.0. The zero-order valence-corrected chi connectivity index (χ0v) is 40.5. The van der Waals surface area contributed by atoms with Crippen molar-refractivity contribution in [3.8, 4) is 0 Å². The Morgan fingerprint density at radius 2 is 0.358 bits per heavy atom. The Morgan fingerprint density at radius 1 is 0.302 bits per heavy atom. The number of primary amides is 1. The Labute approximate surface area is 362 Å². The van der Waals surface area contributed by atoms with E-state index in [1.807, 2.05) is 0 Å². The summed E-state index contributed by atoms with van der Waals surface area (Å²) in [6, 6.07) is 0. The first kappa shape index (κ1) is 63.9. The summed E-state index contributed by atoms with van der Waals surface area (Å²) in [6.45, 7) is 30.0. The van der Waals surface area contributed by atoms with E-state index in [-0.39, 0.29) is 31.1 Å². The second kappa shape index (κ2) is 83.8. The van der Waals surface area contributed by atoms with Gasteiger partial charge in [0, 0.05) is 31.1 Å². The maximum absolute atomic E-state index is 8.75. The Kier molecular flexibility index (Phi) is 101. The average Bonchev–Trinajstić information content (AvgIpc) is 4.14. The van der Waals surface area contributed by atoms with Crippen molar-refractivity contribution in [3.05, 3.63) is 77.9 Å². The van der Waals surface area contributed by atoms with E-state index in [0.29, 0.717) is 0 Å². The van der Waals surface area contributed by atoms with Crippen molar-refractivity contribution in [3.63, 3.8) is 0 Å². The van der Waals surface area contributed by atoms with Crippen molar-refractivity contribution in [1.82, 2.24) is 0 Å². The van der Waals surface area contributed by atoms with Crippen LogP contribution in [0.2, 0.25) is 1.41 Å². The van der Waals surface area contributed by atoms with Crippen LogP contribution in [0.3, 0.4) is 0 Å². The SMILES string of the molecule is C1=CC1.C1CC1.C1CC1.C1CC1.C1CC1.C1CC1.C1CC1.C1CC1.C1CC1.C1CC1.C1CC1.C1CC1.C1CC1.C=C.C=C.C=C.C=C.C=C.[3H]N[C-]=O.[U]. The Balaban J connectivity index is -0.0000000866. The molecule has 12 fully saturated rings. The van der Waals surface area contributed by atoms with Gasteiger partial charge in [-0.1, -0.05) is 243 Å². The number of hydrogen-bond acceptors (Lipinski definition) is 1. The van der Waals surface area contributed by atoms with Crippen LogP contribution in [-0.4, -0.2) is 6.41 Å². The fourth-order valence-electron chi connectivity index (χ4n) is 0. The van der Waals surface area contributed by atoms with Crippen molar-refractivity contribution in [2.75, 3.05) is 0 Å². The molecular formula is C50H98NOU-. The van der Waals surface area contributed by atoms with Crippen LogP contribution >= 0.6 is 0 Å². The average molecular weight is 969 g/mol. The van der Waals surface area contributed by atoms with Gasteiger partial charge in [0.05, 0.1) is 0 Å². The summed E-state index contributed by atoms with van der Waals surface area (Å²) >= 11 is 0. The van der Waals surface area contributed by atoms with E-state index in [4.69, 9.17) is 6.21 Å². The molecule has 0 aromatic carbocycles. The molecule has 2 nitrogen and oxygen atoms in total. The normalized spacial score (nSPS) is 18.2.